The van der Waals surface area contributed by atoms with Crippen LogP contribution in [0.4, 0.5) is 4.39 Å². The number of oxime groups is 1. The van der Waals surface area contributed by atoms with E-state index in [1.807, 2.05) is 0 Å². The minimum absolute atomic E-state index is 0.231. The van der Waals surface area contributed by atoms with Gasteiger partial charge in [-0.2, -0.15) is 0 Å². The van der Waals surface area contributed by atoms with Crippen LogP contribution in [-0.4, -0.2) is 23.9 Å². The molecule has 0 aliphatic rings. The highest BCUT2D eigenvalue weighted by Gasteiger charge is 1.97. The van der Waals surface area contributed by atoms with Crippen LogP contribution < -0.4 is 0 Å². The molecule has 0 atom stereocenters. The molecule has 0 saturated heterocycles. The second-order valence-corrected chi connectivity index (χ2v) is 3.04. The van der Waals surface area contributed by atoms with Crippen LogP contribution in [0, 0.1) is 5.82 Å². The Bertz CT molecular complexity index is 375. The normalized spacial score (nSPS) is 10.5. The van der Waals surface area contributed by atoms with Crippen molar-refractivity contribution in [2.24, 2.45) is 5.16 Å². The van der Waals surface area contributed by atoms with Gasteiger partial charge in [-0.15, -0.1) is 0 Å². The van der Waals surface area contributed by atoms with Crippen molar-refractivity contribution >= 4 is 23.8 Å². The maximum absolute atomic E-state index is 12.8. The molecule has 0 heterocycles. The van der Waals surface area contributed by atoms with Crippen LogP contribution in [0.1, 0.15) is 5.56 Å². The Morgan fingerprint density at radius 3 is 2.93 bits per heavy atom. The zero-order chi connectivity index (χ0) is 11.3. The highest BCUT2D eigenvalue weighted by molar-refractivity contribution is 6.30. The van der Waals surface area contributed by atoms with E-state index in [1.54, 1.807) is 0 Å². The second-order valence-electron chi connectivity index (χ2n) is 2.60. The standard InChI is InChI=1S/C9H7ClFNO3/c10-7-1-6(2-8(11)3-7)4-12-15-5-9(13)14/h1-4H,5H2,(H,13,14)/b12-4+. The van der Waals surface area contributed by atoms with Crippen LogP contribution >= 0.6 is 11.6 Å². The predicted octanol–water partition coefficient (Wildman–Crippen LogP) is 1.91. The molecule has 15 heavy (non-hydrogen) atoms. The van der Waals surface area contributed by atoms with Gasteiger partial charge in [0.25, 0.3) is 0 Å². The molecule has 0 aromatic heterocycles. The van der Waals surface area contributed by atoms with Crippen LogP contribution in [0.15, 0.2) is 23.4 Å². The predicted molar refractivity (Wildman–Crippen MR) is 52.6 cm³/mol. The molecule has 1 N–H and O–H groups in total. The van der Waals surface area contributed by atoms with E-state index < -0.39 is 18.4 Å². The Kier molecular flexibility index (Phi) is 4.05. The van der Waals surface area contributed by atoms with Crippen molar-refractivity contribution in [2.75, 3.05) is 6.61 Å². The zero-order valence-electron chi connectivity index (χ0n) is 7.48. The van der Waals surface area contributed by atoms with E-state index in [9.17, 15) is 9.18 Å². The lowest BCUT2D eigenvalue weighted by Crippen LogP contribution is -2.03. The molecule has 0 unspecified atom stereocenters. The smallest absolute Gasteiger partial charge is 0.344 e. The van der Waals surface area contributed by atoms with Crippen molar-refractivity contribution in [1.29, 1.82) is 0 Å². The lowest BCUT2D eigenvalue weighted by atomic mass is 10.2. The van der Waals surface area contributed by atoms with E-state index in [4.69, 9.17) is 16.7 Å². The topological polar surface area (TPSA) is 58.9 Å². The lowest BCUT2D eigenvalue weighted by molar-refractivity contribution is -0.142. The molecule has 0 saturated carbocycles. The molecular formula is C9H7ClFNO3. The van der Waals surface area contributed by atoms with Gasteiger partial charge in [0.05, 0.1) is 6.21 Å². The van der Waals surface area contributed by atoms with Gasteiger partial charge < -0.3 is 9.94 Å². The average molecular weight is 232 g/mol. The maximum Gasteiger partial charge on any atom is 0.344 e. The summed E-state index contributed by atoms with van der Waals surface area (Å²) in [4.78, 5) is 14.4. The number of aliphatic carboxylic acids is 1. The molecule has 4 nitrogen and oxygen atoms in total. The van der Waals surface area contributed by atoms with Gasteiger partial charge in [-0.25, -0.2) is 9.18 Å². The summed E-state index contributed by atoms with van der Waals surface area (Å²) in [5.74, 6) is -1.63. The SMILES string of the molecule is O=C(O)CO/N=C/c1cc(F)cc(Cl)c1. The van der Waals surface area contributed by atoms with Gasteiger partial charge in [0.2, 0.25) is 6.61 Å². The summed E-state index contributed by atoms with van der Waals surface area (Å²) in [5, 5.41) is 11.8. The molecule has 0 aliphatic carbocycles. The highest BCUT2D eigenvalue weighted by Crippen LogP contribution is 2.12. The first-order valence-corrected chi connectivity index (χ1v) is 4.29. The van der Waals surface area contributed by atoms with Crippen LogP contribution in [0.25, 0.3) is 0 Å². The number of hydrogen-bond donors (Lipinski definition) is 1. The van der Waals surface area contributed by atoms with E-state index in [1.165, 1.54) is 18.3 Å². The average Bonchev–Trinajstić information content (AvgIpc) is 2.10. The van der Waals surface area contributed by atoms with Gasteiger partial charge in [-0.1, -0.05) is 16.8 Å². The Morgan fingerprint density at radius 2 is 2.33 bits per heavy atom. The van der Waals surface area contributed by atoms with Crippen molar-refractivity contribution in [3.63, 3.8) is 0 Å². The summed E-state index contributed by atoms with van der Waals surface area (Å²) in [5.41, 5.74) is 0.394. The molecular weight excluding hydrogens is 225 g/mol. The minimum Gasteiger partial charge on any atom is -0.479 e. The highest BCUT2D eigenvalue weighted by atomic mass is 35.5. The summed E-state index contributed by atoms with van der Waals surface area (Å²) < 4.78 is 12.8. The molecule has 1 aromatic carbocycles. The molecule has 1 rings (SSSR count). The molecule has 0 amide bonds. The summed E-state index contributed by atoms with van der Waals surface area (Å²) in [7, 11) is 0. The van der Waals surface area contributed by atoms with E-state index in [2.05, 4.69) is 9.99 Å². The van der Waals surface area contributed by atoms with Gasteiger partial charge in [0, 0.05) is 10.6 Å². The quantitative estimate of drug-likeness (QED) is 0.636. The fraction of sp³-hybridized carbons (Fsp3) is 0.111. The number of carbonyl (C=O) groups is 1. The fourth-order valence-electron chi connectivity index (χ4n) is 0.840. The van der Waals surface area contributed by atoms with Gasteiger partial charge >= 0.3 is 5.97 Å². The number of hydrogen-bond acceptors (Lipinski definition) is 3. The third-order valence-electron chi connectivity index (χ3n) is 1.35. The summed E-state index contributed by atoms with van der Waals surface area (Å²) in [6.45, 7) is -0.542. The van der Waals surface area contributed by atoms with E-state index >= 15 is 0 Å². The first-order valence-electron chi connectivity index (χ1n) is 3.91. The second kappa shape index (κ2) is 5.31. The van der Waals surface area contributed by atoms with Crippen LogP contribution in [-0.2, 0) is 9.63 Å². The number of benzene rings is 1. The Labute approximate surface area is 89.9 Å². The molecule has 0 radical (unpaired) electrons. The van der Waals surface area contributed by atoms with Crippen LogP contribution in [0.2, 0.25) is 5.02 Å². The monoisotopic (exact) mass is 231 g/mol. The molecule has 80 valence electrons. The van der Waals surface area contributed by atoms with Crippen molar-refractivity contribution < 1.29 is 19.1 Å². The molecule has 1 aromatic rings. The first kappa shape index (κ1) is 11.5. The molecule has 0 bridgehead atoms. The molecule has 0 fully saturated rings. The van der Waals surface area contributed by atoms with Gasteiger partial charge in [0.15, 0.2) is 0 Å². The maximum atomic E-state index is 12.8. The molecule has 0 spiro atoms. The number of rotatable bonds is 4. The summed E-state index contributed by atoms with van der Waals surface area (Å²) in [6.07, 6.45) is 1.18. The third-order valence-corrected chi connectivity index (χ3v) is 1.57. The zero-order valence-corrected chi connectivity index (χ0v) is 8.24. The Hall–Kier alpha value is -1.62. The van der Waals surface area contributed by atoms with Gasteiger partial charge in [0.1, 0.15) is 5.82 Å². The number of carboxylic acid groups (broad SMARTS) is 1. The fourth-order valence-corrected chi connectivity index (χ4v) is 1.07. The van der Waals surface area contributed by atoms with Crippen molar-refractivity contribution in [3.05, 3.63) is 34.6 Å². The summed E-state index contributed by atoms with van der Waals surface area (Å²) in [6, 6.07) is 3.81. The van der Waals surface area contributed by atoms with Crippen molar-refractivity contribution in [1.82, 2.24) is 0 Å². The van der Waals surface area contributed by atoms with Crippen LogP contribution in [0.5, 0.6) is 0 Å². The van der Waals surface area contributed by atoms with Gasteiger partial charge in [-0.05, 0) is 18.2 Å². The van der Waals surface area contributed by atoms with Crippen molar-refractivity contribution in [3.8, 4) is 0 Å². The van der Waals surface area contributed by atoms with E-state index in [-0.39, 0.29) is 5.02 Å². The number of halogens is 2. The number of carboxylic acids is 1. The minimum atomic E-state index is -1.13. The van der Waals surface area contributed by atoms with Gasteiger partial charge in [-0.3, -0.25) is 0 Å². The largest absolute Gasteiger partial charge is 0.479 e. The molecule has 0 aliphatic heterocycles. The Morgan fingerprint density at radius 1 is 1.60 bits per heavy atom. The van der Waals surface area contributed by atoms with Crippen LogP contribution in [0.3, 0.4) is 0 Å². The lowest BCUT2D eigenvalue weighted by Gasteiger charge is -1.96. The van der Waals surface area contributed by atoms with E-state index in [0.29, 0.717) is 5.56 Å². The Balaban J connectivity index is 2.60. The molecule has 6 heteroatoms. The van der Waals surface area contributed by atoms with E-state index in [0.717, 1.165) is 6.07 Å². The first-order chi connectivity index (χ1) is 7.08. The third kappa shape index (κ3) is 4.42. The summed E-state index contributed by atoms with van der Waals surface area (Å²) >= 11 is 5.58. The number of nitrogens with zero attached hydrogens (tertiary/aromatic N) is 1. The van der Waals surface area contributed by atoms with Crippen molar-refractivity contribution in [2.45, 2.75) is 0 Å².